The summed E-state index contributed by atoms with van der Waals surface area (Å²) in [7, 11) is 1.55. The van der Waals surface area contributed by atoms with Crippen molar-refractivity contribution in [1.82, 2.24) is 15.2 Å². The van der Waals surface area contributed by atoms with Gasteiger partial charge < -0.3 is 15.2 Å². The predicted molar refractivity (Wildman–Crippen MR) is 106 cm³/mol. The molecule has 0 bridgehead atoms. The number of aliphatic hydroxyl groups is 1. The van der Waals surface area contributed by atoms with Gasteiger partial charge in [0, 0.05) is 37.9 Å². The van der Waals surface area contributed by atoms with E-state index in [1.165, 1.54) is 17.3 Å². The number of carbonyl (C=O) groups is 1. The Morgan fingerprint density at radius 1 is 1.21 bits per heavy atom. The van der Waals surface area contributed by atoms with Crippen molar-refractivity contribution in [2.24, 2.45) is 0 Å². The molecule has 1 amide bonds. The molecule has 4 rings (SSSR count). The average molecular weight is 381 g/mol. The van der Waals surface area contributed by atoms with Crippen LogP contribution >= 0.6 is 0 Å². The van der Waals surface area contributed by atoms with Gasteiger partial charge in [-0.15, -0.1) is 0 Å². The fourth-order valence-electron chi connectivity index (χ4n) is 4.05. The standard InChI is InChI=1S/C22H27N3O3/c1-28-21-5-4-18(14-23-21)22(27)24-13-15-2-3-16-6-8-25(9-7-17(16)10-15)19-11-20(26)12-19/h2-5,10,14,19-20,26H,6-9,11-13H2,1H3,(H,24,27). The maximum Gasteiger partial charge on any atom is 0.253 e. The number of nitrogens with zero attached hydrogens (tertiary/aromatic N) is 2. The highest BCUT2D eigenvalue weighted by Crippen LogP contribution is 2.28. The number of fused-ring (bicyclic) bond motifs is 1. The first kappa shape index (κ1) is 18.9. The minimum Gasteiger partial charge on any atom is -0.481 e. The molecular weight excluding hydrogens is 354 g/mol. The number of amides is 1. The first-order valence-corrected chi connectivity index (χ1v) is 9.93. The molecular formula is C22H27N3O3. The Bertz CT molecular complexity index is 831. The highest BCUT2D eigenvalue weighted by Gasteiger charge is 2.32. The number of pyridine rings is 1. The molecule has 2 aliphatic rings. The summed E-state index contributed by atoms with van der Waals surface area (Å²) >= 11 is 0. The molecule has 2 heterocycles. The van der Waals surface area contributed by atoms with E-state index in [0.29, 0.717) is 24.0 Å². The molecule has 148 valence electrons. The Labute approximate surface area is 165 Å². The summed E-state index contributed by atoms with van der Waals surface area (Å²) in [6.07, 6.45) is 5.31. The van der Waals surface area contributed by atoms with Crippen molar-refractivity contribution >= 4 is 5.91 Å². The molecule has 0 radical (unpaired) electrons. The normalized spacial score (nSPS) is 21.9. The number of ether oxygens (including phenoxy) is 1. The number of carbonyl (C=O) groups excluding carboxylic acids is 1. The van der Waals surface area contributed by atoms with Crippen LogP contribution in [-0.4, -0.2) is 53.2 Å². The van der Waals surface area contributed by atoms with E-state index in [1.54, 1.807) is 19.2 Å². The fourth-order valence-corrected chi connectivity index (χ4v) is 4.05. The Morgan fingerprint density at radius 2 is 2.00 bits per heavy atom. The van der Waals surface area contributed by atoms with E-state index in [4.69, 9.17) is 4.74 Å². The number of aromatic nitrogens is 1. The maximum atomic E-state index is 12.3. The Morgan fingerprint density at radius 3 is 2.68 bits per heavy atom. The van der Waals surface area contributed by atoms with Gasteiger partial charge in [-0.2, -0.15) is 0 Å². The fraction of sp³-hybridized carbons (Fsp3) is 0.455. The van der Waals surface area contributed by atoms with Crippen molar-refractivity contribution in [2.75, 3.05) is 20.2 Å². The molecule has 6 nitrogen and oxygen atoms in total. The van der Waals surface area contributed by atoms with E-state index in [-0.39, 0.29) is 12.0 Å². The van der Waals surface area contributed by atoms with Gasteiger partial charge in [-0.3, -0.25) is 9.69 Å². The largest absolute Gasteiger partial charge is 0.481 e. The SMILES string of the molecule is COc1ccc(C(=O)NCc2ccc3c(c2)CCN(C2CC(O)C2)CC3)cn1. The number of hydrogen-bond donors (Lipinski definition) is 2. The van der Waals surface area contributed by atoms with E-state index in [9.17, 15) is 9.90 Å². The smallest absolute Gasteiger partial charge is 0.253 e. The van der Waals surface area contributed by atoms with Crippen molar-refractivity contribution in [1.29, 1.82) is 0 Å². The Kier molecular flexibility index (Phi) is 5.59. The maximum absolute atomic E-state index is 12.3. The van der Waals surface area contributed by atoms with E-state index < -0.39 is 0 Å². The van der Waals surface area contributed by atoms with Crippen LogP contribution in [0.4, 0.5) is 0 Å². The van der Waals surface area contributed by atoms with Gasteiger partial charge in [0.15, 0.2) is 0 Å². The molecule has 1 aromatic heterocycles. The number of aliphatic hydroxyl groups excluding tert-OH is 1. The zero-order valence-electron chi connectivity index (χ0n) is 16.2. The van der Waals surface area contributed by atoms with Crippen LogP contribution in [0.5, 0.6) is 5.88 Å². The number of rotatable bonds is 5. The third-order valence-corrected chi connectivity index (χ3v) is 5.87. The van der Waals surface area contributed by atoms with Gasteiger partial charge >= 0.3 is 0 Å². The van der Waals surface area contributed by atoms with Gasteiger partial charge in [-0.1, -0.05) is 18.2 Å². The van der Waals surface area contributed by atoms with Gasteiger partial charge in [0.05, 0.1) is 18.8 Å². The summed E-state index contributed by atoms with van der Waals surface area (Å²) in [5, 5.41) is 12.5. The van der Waals surface area contributed by atoms with Gasteiger partial charge in [0.2, 0.25) is 5.88 Å². The predicted octanol–water partition coefficient (Wildman–Crippen LogP) is 1.94. The zero-order chi connectivity index (χ0) is 19.5. The van der Waals surface area contributed by atoms with Crippen LogP contribution in [-0.2, 0) is 19.4 Å². The van der Waals surface area contributed by atoms with E-state index in [0.717, 1.165) is 44.3 Å². The molecule has 0 saturated heterocycles. The van der Waals surface area contributed by atoms with Crippen molar-refractivity contribution in [2.45, 2.75) is 44.4 Å². The van der Waals surface area contributed by atoms with Crippen LogP contribution in [0, 0.1) is 0 Å². The second kappa shape index (κ2) is 8.29. The van der Waals surface area contributed by atoms with Gasteiger partial charge in [-0.25, -0.2) is 4.98 Å². The van der Waals surface area contributed by atoms with Crippen LogP contribution in [0.3, 0.4) is 0 Å². The molecule has 0 atom stereocenters. The monoisotopic (exact) mass is 381 g/mol. The molecule has 2 aromatic rings. The number of nitrogens with one attached hydrogen (secondary N) is 1. The van der Waals surface area contributed by atoms with Crippen molar-refractivity contribution in [3.63, 3.8) is 0 Å². The molecule has 1 saturated carbocycles. The van der Waals surface area contributed by atoms with Crippen LogP contribution in [0.1, 0.15) is 39.9 Å². The Balaban J connectivity index is 1.35. The number of benzene rings is 1. The molecule has 1 fully saturated rings. The highest BCUT2D eigenvalue weighted by molar-refractivity contribution is 5.93. The lowest BCUT2D eigenvalue weighted by Crippen LogP contribution is -2.48. The topological polar surface area (TPSA) is 74.7 Å². The van der Waals surface area contributed by atoms with E-state index >= 15 is 0 Å². The minimum atomic E-state index is -0.139. The van der Waals surface area contributed by atoms with E-state index in [1.807, 2.05) is 0 Å². The molecule has 6 heteroatoms. The first-order chi connectivity index (χ1) is 13.6. The van der Waals surface area contributed by atoms with Gasteiger partial charge in [-0.05, 0) is 48.4 Å². The zero-order valence-corrected chi connectivity index (χ0v) is 16.2. The summed E-state index contributed by atoms with van der Waals surface area (Å²) in [6.45, 7) is 2.60. The van der Waals surface area contributed by atoms with Crippen molar-refractivity contribution < 1.29 is 14.6 Å². The molecule has 1 aromatic carbocycles. The van der Waals surface area contributed by atoms with E-state index in [2.05, 4.69) is 33.4 Å². The molecule has 0 unspecified atom stereocenters. The second-order valence-electron chi connectivity index (χ2n) is 7.69. The van der Waals surface area contributed by atoms with Crippen LogP contribution in [0.25, 0.3) is 0 Å². The van der Waals surface area contributed by atoms with Crippen molar-refractivity contribution in [3.05, 3.63) is 58.8 Å². The summed E-state index contributed by atoms with van der Waals surface area (Å²) in [4.78, 5) is 18.9. The quantitative estimate of drug-likeness (QED) is 0.828. The van der Waals surface area contributed by atoms with Crippen LogP contribution < -0.4 is 10.1 Å². The summed E-state index contributed by atoms with van der Waals surface area (Å²) in [6, 6.07) is 10.5. The average Bonchev–Trinajstić information content (AvgIpc) is 2.92. The minimum absolute atomic E-state index is 0.105. The number of methoxy groups -OCH3 is 1. The molecule has 28 heavy (non-hydrogen) atoms. The summed E-state index contributed by atoms with van der Waals surface area (Å²) in [5.74, 6) is 0.354. The molecule has 1 aliphatic carbocycles. The lowest BCUT2D eigenvalue weighted by molar-refractivity contribution is 0.00334. The lowest BCUT2D eigenvalue weighted by Gasteiger charge is -2.40. The highest BCUT2D eigenvalue weighted by atomic mass is 16.5. The van der Waals surface area contributed by atoms with Gasteiger partial charge in [0.25, 0.3) is 5.91 Å². The lowest BCUT2D eigenvalue weighted by atomic mass is 9.88. The third kappa shape index (κ3) is 4.18. The first-order valence-electron chi connectivity index (χ1n) is 9.93. The third-order valence-electron chi connectivity index (χ3n) is 5.87. The molecule has 0 spiro atoms. The second-order valence-corrected chi connectivity index (χ2v) is 7.69. The Hall–Kier alpha value is -2.44. The van der Waals surface area contributed by atoms with Crippen molar-refractivity contribution in [3.8, 4) is 5.88 Å². The summed E-state index contributed by atoms with van der Waals surface area (Å²) < 4.78 is 5.02. The van der Waals surface area contributed by atoms with Gasteiger partial charge in [0.1, 0.15) is 0 Å². The summed E-state index contributed by atoms with van der Waals surface area (Å²) in [5.41, 5.74) is 4.41. The molecule has 1 aliphatic heterocycles. The molecule has 2 N–H and O–H groups in total. The van der Waals surface area contributed by atoms with Crippen LogP contribution in [0.15, 0.2) is 36.5 Å². The van der Waals surface area contributed by atoms with Crippen LogP contribution in [0.2, 0.25) is 0 Å². The number of hydrogen-bond acceptors (Lipinski definition) is 5.